The maximum Gasteiger partial charge on any atom is 0.321 e. The molecule has 0 spiro atoms. The van der Waals surface area contributed by atoms with E-state index >= 15 is 0 Å². The zero-order valence-corrected chi connectivity index (χ0v) is 16.5. The first kappa shape index (κ1) is 21.4. The van der Waals surface area contributed by atoms with Crippen LogP contribution in [-0.4, -0.2) is 38.0 Å². The Hall–Kier alpha value is -2.90. The molecule has 0 bridgehead atoms. The molecule has 2 rings (SSSR count). The molecule has 0 aliphatic carbocycles. The summed E-state index contributed by atoms with van der Waals surface area (Å²) in [5.74, 6) is -0.736. The van der Waals surface area contributed by atoms with Gasteiger partial charge < -0.3 is 15.5 Å². The lowest BCUT2D eigenvalue weighted by Gasteiger charge is -2.24. The number of carbonyl (C=O) groups excluding carboxylic acids is 3. The highest BCUT2D eigenvalue weighted by Crippen LogP contribution is 2.13. The largest absolute Gasteiger partial charge is 0.338 e. The van der Waals surface area contributed by atoms with Crippen LogP contribution in [0.1, 0.15) is 18.5 Å². The van der Waals surface area contributed by atoms with E-state index < -0.39 is 18.0 Å². The number of likely N-dealkylation sites (N-methyl/N-ethyl adjacent to an activating group) is 1. The van der Waals surface area contributed by atoms with Gasteiger partial charge in [0.25, 0.3) is 11.8 Å². The topological polar surface area (TPSA) is 91.7 Å². The van der Waals surface area contributed by atoms with Gasteiger partial charge in [0.2, 0.25) is 0 Å². The number of imide groups is 1. The maximum absolute atomic E-state index is 12.7. The van der Waals surface area contributed by atoms with Gasteiger partial charge in [-0.05, 0) is 31.2 Å². The monoisotopic (exact) mass is 403 g/mol. The van der Waals surface area contributed by atoms with Crippen LogP contribution in [0.2, 0.25) is 5.02 Å². The van der Waals surface area contributed by atoms with Crippen LogP contribution in [0.15, 0.2) is 54.6 Å². The predicted molar refractivity (Wildman–Crippen MR) is 108 cm³/mol. The molecule has 2 aromatic rings. The van der Waals surface area contributed by atoms with Crippen molar-refractivity contribution in [3.05, 3.63) is 65.2 Å². The molecule has 7 nitrogen and oxygen atoms in total. The Bertz CT molecular complexity index is 812. The van der Waals surface area contributed by atoms with Crippen molar-refractivity contribution in [3.63, 3.8) is 0 Å². The van der Waals surface area contributed by atoms with Gasteiger partial charge in [-0.25, -0.2) is 4.79 Å². The second-order valence-corrected chi connectivity index (χ2v) is 6.71. The second-order valence-electron chi connectivity index (χ2n) is 6.27. The maximum atomic E-state index is 12.7. The summed E-state index contributed by atoms with van der Waals surface area (Å²) in [5, 5.41) is 8.22. The van der Waals surface area contributed by atoms with Crippen molar-refractivity contribution in [3.8, 4) is 0 Å². The Kier molecular flexibility index (Phi) is 7.98. The minimum atomic E-state index is -0.722. The lowest BCUT2D eigenvalue weighted by atomic mass is 10.0. The Morgan fingerprint density at radius 2 is 1.68 bits per heavy atom. The number of nitrogens with one attached hydrogen (secondary N) is 4. The Morgan fingerprint density at radius 3 is 2.29 bits per heavy atom. The second kappa shape index (κ2) is 10.4. The Labute approximate surface area is 169 Å². The van der Waals surface area contributed by atoms with Crippen molar-refractivity contribution in [2.45, 2.75) is 13.0 Å². The average molecular weight is 404 g/mol. The van der Waals surface area contributed by atoms with Gasteiger partial charge in [-0.3, -0.25) is 14.9 Å². The third kappa shape index (κ3) is 6.37. The van der Waals surface area contributed by atoms with E-state index in [2.05, 4.69) is 16.0 Å². The predicted octanol–water partition coefficient (Wildman–Crippen LogP) is 1.38. The SMILES string of the molecule is CCNC(=O)NC(=O)[C@@H](c1ccccc1)[NH+](C)CC(=O)Nc1ccc(Cl)cc1. The molecule has 2 atom stereocenters. The standard InChI is InChI=1S/C20H23ClN4O3/c1-3-22-20(28)24-19(27)18(14-7-5-4-6-8-14)25(2)13-17(26)23-16-11-9-15(21)10-12-16/h4-12,18H,3,13H2,1-2H3,(H,23,26)(H2,22,24,27,28)/p+1/t18-/m1/s1. The summed E-state index contributed by atoms with van der Waals surface area (Å²) in [4.78, 5) is 37.5. The third-order valence-electron chi connectivity index (χ3n) is 4.03. The minimum Gasteiger partial charge on any atom is -0.338 e. The lowest BCUT2D eigenvalue weighted by Crippen LogP contribution is -3.11. The molecule has 28 heavy (non-hydrogen) atoms. The van der Waals surface area contributed by atoms with Crippen molar-refractivity contribution in [1.82, 2.24) is 10.6 Å². The molecule has 8 heteroatoms. The smallest absolute Gasteiger partial charge is 0.321 e. The summed E-state index contributed by atoms with van der Waals surface area (Å²) in [6, 6.07) is 14.5. The van der Waals surface area contributed by atoms with Crippen LogP contribution in [0.5, 0.6) is 0 Å². The van der Waals surface area contributed by atoms with Crippen molar-refractivity contribution in [1.29, 1.82) is 0 Å². The zero-order chi connectivity index (χ0) is 20.5. The summed E-state index contributed by atoms with van der Waals surface area (Å²) >= 11 is 5.85. The van der Waals surface area contributed by atoms with Crippen molar-refractivity contribution in [2.75, 3.05) is 25.5 Å². The van der Waals surface area contributed by atoms with E-state index in [-0.39, 0.29) is 12.5 Å². The minimum absolute atomic E-state index is 0.0327. The number of anilines is 1. The third-order valence-corrected chi connectivity index (χ3v) is 4.28. The molecule has 4 amide bonds. The molecule has 0 heterocycles. The molecule has 0 aliphatic heterocycles. The Morgan fingerprint density at radius 1 is 1.04 bits per heavy atom. The number of benzene rings is 2. The summed E-state index contributed by atoms with van der Waals surface area (Å²) in [6.45, 7) is 2.20. The number of quaternary nitrogens is 1. The summed E-state index contributed by atoms with van der Waals surface area (Å²) in [7, 11) is 1.73. The van der Waals surface area contributed by atoms with Gasteiger partial charge >= 0.3 is 6.03 Å². The van der Waals surface area contributed by atoms with Crippen LogP contribution in [0, 0.1) is 0 Å². The van der Waals surface area contributed by atoms with E-state index in [9.17, 15) is 14.4 Å². The van der Waals surface area contributed by atoms with Gasteiger partial charge in [0.05, 0.1) is 7.05 Å². The molecule has 0 fully saturated rings. The fourth-order valence-electron chi connectivity index (χ4n) is 2.79. The molecule has 0 saturated heterocycles. The molecule has 148 valence electrons. The highest BCUT2D eigenvalue weighted by Gasteiger charge is 2.31. The first-order valence-corrected chi connectivity index (χ1v) is 9.30. The number of amides is 4. The first-order valence-electron chi connectivity index (χ1n) is 8.92. The molecule has 1 unspecified atom stereocenters. The van der Waals surface area contributed by atoms with Gasteiger partial charge in [0.15, 0.2) is 12.6 Å². The van der Waals surface area contributed by atoms with Crippen molar-refractivity contribution >= 4 is 35.1 Å². The number of rotatable bonds is 7. The number of carbonyl (C=O) groups is 3. The highest BCUT2D eigenvalue weighted by molar-refractivity contribution is 6.30. The van der Waals surface area contributed by atoms with Gasteiger partial charge in [-0.2, -0.15) is 0 Å². The number of hydrogen-bond acceptors (Lipinski definition) is 3. The molecule has 0 aliphatic rings. The molecular formula is C20H24ClN4O3+. The van der Waals surface area contributed by atoms with Crippen LogP contribution in [-0.2, 0) is 9.59 Å². The Balaban J connectivity index is 2.10. The van der Waals surface area contributed by atoms with E-state index in [1.807, 2.05) is 18.2 Å². The normalized spacial score (nSPS) is 12.5. The van der Waals surface area contributed by atoms with Crippen molar-refractivity contribution in [2.24, 2.45) is 0 Å². The van der Waals surface area contributed by atoms with Crippen molar-refractivity contribution < 1.29 is 19.3 Å². The molecule has 0 aromatic heterocycles. The summed E-state index contributed by atoms with van der Waals surface area (Å²) in [6.07, 6.45) is 0. The van der Waals surface area contributed by atoms with Crippen LogP contribution >= 0.6 is 11.6 Å². The molecule has 4 N–H and O–H groups in total. The van der Waals surface area contributed by atoms with Crippen LogP contribution < -0.4 is 20.9 Å². The van der Waals surface area contributed by atoms with Crippen LogP contribution in [0.25, 0.3) is 0 Å². The van der Waals surface area contributed by atoms with E-state index in [0.717, 1.165) is 0 Å². The molecule has 0 radical (unpaired) electrons. The van der Waals surface area contributed by atoms with Gasteiger partial charge in [-0.1, -0.05) is 41.9 Å². The first-order chi connectivity index (χ1) is 13.4. The number of halogens is 1. The summed E-state index contributed by atoms with van der Waals surface area (Å²) in [5.41, 5.74) is 1.33. The van der Waals surface area contributed by atoms with Gasteiger partial charge in [-0.15, -0.1) is 0 Å². The fourth-order valence-corrected chi connectivity index (χ4v) is 2.91. The zero-order valence-electron chi connectivity index (χ0n) is 15.8. The number of hydrogen-bond donors (Lipinski definition) is 4. The molecule has 0 saturated carbocycles. The molecule has 2 aromatic carbocycles. The van der Waals surface area contributed by atoms with E-state index in [0.29, 0.717) is 27.7 Å². The van der Waals surface area contributed by atoms with Crippen LogP contribution in [0.4, 0.5) is 10.5 Å². The van der Waals surface area contributed by atoms with Gasteiger partial charge in [0, 0.05) is 22.8 Å². The summed E-state index contributed by atoms with van der Waals surface area (Å²) < 4.78 is 0. The quantitative estimate of drug-likeness (QED) is 0.563. The highest BCUT2D eigenvalue weighted by atomic mass is 35.5. The molecular weight excluding hydrogens is 380 g/mol. The van der Waals surface area contributed by atoms with Crippen LogP contribution in [0.3, 0.4) is 0 Å². The van der Waals surface area contributed by atoms with E-state index in [1.165, 1.54) is 0 Å². The average Bonchev–Trinajstić information content (AvgIpc) is 2.64. The van der Waals surface area contributed by atoms with E-state index in [1.54, 1.807) is 50.4 Å². The van der Waals surface area contributed by atoms with E-state index in [4.69, 9.17) is 11.6 Å². The lowest BCUT2D eigenvalue weighted by molar-refractivity contribution is -0.894. The fraction of sp³-hybridized carbons (Fsp3) is 0.250. The van der Waals surface area contributed by atoms with Gasteiger partial charge in [0.1, 0.15) is 0 Å². The number of urea groups is 1.